The molecule has 0 radical (unpaired) electrons. The summed E-state index contributed by atoms with van der Waals surface area (Å²) in [6, 6.07) is 0. The minimum absolute atomic E-state index is 0.0786. The largest absolute Gasteiger partial charge is 0.494 e. The summed E-state index contributed by atoms with van der Waals surface area (Å²) in [6.45, 7) is 1.78. The number of aromatic amines is 2. The maximum atomic E-state index is 11.4. The van der Waals surface area contributed by atoms with E-state index in [9.17, 15) is 19.5 Å². The van der Waals surface area contributed by atoms with Gasteiger partial charge in [-0.2, -0.15) is 0 Å². The van der Waals surface area contributed by atoms with E-state index in [4.69, 9.17) is 5.11 Å². The van der Waals surface area contributed by atoms with Crippen LogP contribution in [0.3, 0.4) is 0 Å². The fourth-order valence-corrected chi connectivity index (χ4v) is 1.76. The van der Waals surface area contributed by atoms with Gasteiger partial charge in [-0.25, -0.2) is 4.79 Å². The van der Waals surface area contributed by atoms with E-state index in [2.05, 4.69) is 4.98 Å². The van der Waals surface area contributed by atoms with Crippen LogP contribution in [-0.2, 0) is 11.2 Å². The quantitative estimate of drug-likeness (QED) is 0.579. The van der Waals surface area contributed by atoms with Gasteiger partial charge in [0.1, 0.15) is 0 Å². The van der Waals surface area contributed by atoms with Gasteiger partial charge in [-0.05, 0) is 25.7 Å². The zero-order valence-electron chi connectivity index (χ0n) is 10.0. The van der Waals surface area contributed by atoms with E-state index in [0.29, 0.717) is 19.3 Å². The average Bonchev–Trinajstić information content (AvgIpc) is 2.26. The van der Waals surface area contributed by atoms with Gasteiger partial charge < -0.3 is 10.2 Å². The van der Waals surface area contributed by atoms with Crippen LogP contribution in [0.2, 0.25) is 0 Å². The van der Waals surface area contributed by atoms with Crippen molar-refractivity contribution in [3.05, 3.63) is 26.4 Å². The van der Waals surface area contributed by atoms with E-state index in [1.54, 1.807) is 6.92 Å². The third-order valence-corrected chi connectivity index (χ3v) is 2.84. The molecular weight excluding hydrogens is 240 g/mol. The van der Waals surface area contributed by atoms with Crippen molar-refractivity contribution in [1.82, 2.24) is 9.97 Å². The van der Waals surface area contributed by atoms with Crippen LogP contribution in [0.25, 0.3) is 0 Å². The van der Waals surface area contributed by atoms with Gasteiger partial charge in [-0.15, -0.1) is 0 Å². The van der Waals surface area contributed by atoms with Crippen molar-refractivity contribution in [2.24, 2.45) is 5.92 Å². The van der Waals surface area contributed by atoms with Crippen LogP contribution in [0.5, 0.6) is 5.88 Å². The summed E-state index contributed by atoms with van der Waals surface area (Å²) in [5.41, 5.74) is -1.33. The smallest absolute Gasteiger partial charge is 0.328 e. The van der Waals surface area contributed by atoms with Crippen molar-refractivity contribution >= 4 is 5.97 Å². The molecule has 1 aromatic heterocycles. The van der Waals surface area contributed by atoms with Crippen molar-refractivity contribution in [3.8, 4) is 5.88 Å². The predicted molar refractivity (Wildman–Crippen MR) is 63.7 cm³/mol. The van der Waals surface area contributed by atoms with E-state index in [-0.39, 0.29) is 12.0 Å². The summed E-state index contributed by atoms with van der Waals surface area (Å²) in [5.74, 6) is -1.77. The molecule has 0 amide bonds. The molecule has 0 saturated heterocycles. The van der Waals surface area contributed by atoms with E-state index < -0.39 is 29.0 Å². The third kappa shape index (κ3) is 3.47. The standard InChI is InChI=1S/C11H16N2O5/c1-2-6(10(16)17)4-3-5-7-8(14)12-11(18)13-9(7)15/h6H,2-5H2,1H3,(H,16,17)(H3,12,13,14,15,18)/t6-/m0/s1. The highest BCUT2D eigenvalue weighted by molar-refractivity contribution is 5.69. The van der Waals surface area contributed by atoms with Crippen molar-refractivity contribution in [2.45, 2.75) is 32.6 Å². The summed E-state index contributed by atoms with van der Waals surface area (Å²) >= 11 is 0. The zero-order valence-corrected chi connectivity index (χ0v) is 10.0. The third-order valence-electron chi connectivity index (χ3n) is 2.84. The van der Waals surface area contributed by atoms with Crippen LogP contribution in [0.4, 0.5) is 0 Å². The molecule has 0 aliphatic heterocycles. The first-order valence-corrected chi connectivity index (χ1v) is 5.73. The highest BCUT2D eigenvalue weighted by atomic mass is 16.4. The number of aromatic nitrogens is 2. The van der Waals surface area contributed by atoms with Crippen molar-refractivity contribution < 1.29 is 15.0 Å². The van der Waals surface area contributed by atoms with Crippen LogP contribution in [0.15, 0.2) is 9.59 Å². The molecule has 0 bridgehead atoms. The Labute approximate surface area is 102 Å². The van der Waals surface area contributed by atoms with Crippen LogP contribution in [-0.4, -0.2) is 26.2 Å². The monoisotopic (exact) mass is 256 g/mol. The second-order valence-electron chi connectivity index (χ2n) is 4.07. The fourth-order valence-electron chi connectivity index (χ4n) is 1.76. The lowest BCUT2D eigenvalue weighted by atomic mass is 9.98. The van der Waals surface area contributed by atoms with Gasteiger partial charge in [-0.3, -0.25) is 19.6 Å². The molecule has 4 N–H and O–H groups in total. The lowest BCUT2D eigenvalue weighted by Gasteiger charge is -2.09. The summed E-state index contributed by atoms with van der Waals surface area (Å²) in [5, 5.41) is 18.3. The van der Waals surface area contributed by atoms with Crippen LogP contribution in [0.1, 0.15) is 31.7 Å². The molecule has 0 fully saturated rings. The maximum absolute atomic E-state index is 11.4. The highest BCUT2D eigenvalue weighted by Crippen LogP contribution is 2.15. The van der Waals surface area contributed by atoms with Crippen molar-refractivity contribution in [1.29, 1.82) is 0 Å². The van der Waals surface area contributed by atoms with Crippen molar-refractivity contribution in [2.75, 3.05) is 0 Å². The molecule has 1 rings (SSSR count). The summed E-state index contributed by atoms with van der Waals surface area (Å²) in [7, 11) is 0. The van der Waals surface area contributed by atoms with Gasteiger partial charge in [0, 0.05) is 0 Å². The van der Waals surface area contributed by atoms with Gasteiger partial charge in [0.25, 0.3) is 5.56 Å². The minimum Gasteiger partial charge on any atom is -0.494 e. The first-order chi connectivity index (χ1) is 8.45. The molecule has 18 heavy (non-hydrogen) atoms. The van der Waals surface area contributed by atoms with E-state index >= 15 is 0 Å². The molecule has 0 saturated carbocycles. The molecule has 0 aliphatic carbocycles. The number of aromatic hydroxyl groups is 1. The number of hydrogen-bond acceptors (Lipinski definition) is 4. The van der Waals surface area contributed by atoms with Crippen LogP contribution < -0.4 is 11.2 Å². The molecule has 7 nitrogen and oxygen atoms in total. The number of rotatable bonds is 6. The normalized spacial score (nSPS) is 12.3. The second kappa shape index (κ2) is 6.04. The molecular formula is C11H16N2O5. The number of carbonyl (C=O) groups is 1. The van der Waals surface area contributed by atoms with Crippen molar-refractivity contribution in [3.63, 3.8) is 0 Å². The van der Waals surface area contributed by atoms with Gasteiger partial charge in [0.2, 0.25) is 5.88 Å². The molecule has 100 valence electrons. The minimum atomic E-state index is -0.864. The van der Waals surface area contributed by atoms with E-state index in [0.717, 1.165) is 0 Å². The number of carboxylic acids is 1. The zero-order chi connectivity index (χ0) is 13.7. The van der Waals surface area contributed by atoms with Crippen LogP contribution >= 0.6 is 0 Å². The lowest BCUT2D eigenvalue weighted by Crippen LogP contribution is -2.25. The van der Waals surface area contributed by atoms with Gasteiger partial charge in [0.05, 0.1) is 11.5 Å². The molecule has 0 spiro atoms. The highest BCUT2D eigenvalue weighted by Gasteiger charge is 2.15. The Balaban J connectivity index is 2.68. The SMILES string of the molecule is CC[C@@H](CCCc1c(O)[nH]c(=O)[nH]c1=O)C(=O)O. The Morgan fingerprint density at radius 3 is 2.50 bits per heavy atom. The summed E-state index contributed by atoms with van der Waals surface area (Å²) < 4.78 is 0. The Bertz CT molecular complexity index is 531. The topological polar surface area (TPSA) is 123 Å². The molecule has 0 aromatic carbocycles. The molecule has 1 aromatic rings. The second-order valence-corrected chi connectivity index (χ2v) is 4.07. The predicted octanol–water partition coefficient (Wildman–Crippen LogP) is 0.202. The number of H-pyrrole nitrogens is 2. The molecule has 0 aliphatic rings. The number of aliphatic carboxylic acids is 1. The first kappa shape index (κ1) is 14.0. The Morgan fingerprint density at radius 2 is 2.00 bits per heavy atom. The fraction of sp³-hybridized carbons (Fsp3) is 0.545. The van der Waals surface area contributed by atoms with Gasteiger partial charge in [0.15, 0.2) is 0 Å². The number of carboxylic acid groups (broad SMARTS) is 1. The summed E-state index contributed by atoms with van der Waals surface area (Å²) in [6.07, 6.45) is 1.61. The lowest BCUT2D eigenvalue weighted by molar-refractivity contribution is -0.142. The molecule has 1 atom stereocenters. The van der Waals surface area contributed by atoms with Gasteiger partial charge >= 0.3 is 11.7 Å². The first-order valence-electron chi connectivity index (χ1n) is 5.73. The molecule has 1 heterocycles. The van der Waals surface area contributed by atoms with Crippen LogP contribution in [0, 0.1) is 5.92 Å². The Hall–Kier alpha value is -2.05. The average molecular weight is 256 g/mol. The van der Waals surface area contributed by atoms with E-state index in [1.165, 1.54) is 0 Å². The number of hydrogen-bond donors (Lipinski definition) is 4. The molecule has 7 heteroatoms. The van der Waals surface area contributed by atoms with Gasteiger partial charge in [-0.1, -0.05) is 6.92 Å². The molecule has 0 unspecified atom stereocenters. The van der Waals surface area contributed by atoms with E-state index in [1.807, 2.05) is 4.98 Å². The summed E-state index contributed by atoms with van der Waals surface area (Å²) in [4.78, 5) is 37.1. The Morgan fingerprint density at radius 1 is 1.33 bits per heavy atom. The number of nitrogens with one attached hydrogen (secondary N) is 2. The Kier molecular flexibility index (Phi) is 4.70. The maximum Gasteiger partial charge on any atom is 0.328 e.